The fourth-order valence-corrected chi connectivity index (χ4v) is 2.85. The van der Waals surface area contributed by atoms with Crippen molar-refractivity contribution < 1.29 is 14.7 Å². The van der Waals surface area contributed by atoms with Crippen LogP contribution in [0.15, 0.2) is 30.3 Å². The van der Waals surface area contributed by atoms with Gasteiger partial charge in [0.05, 0.1) is 5.92 Å². The third-order valence-corrected chi connectivity index (χ3v) is 4.32. The number of aliphatic carboxylic acids is 1. The number of unbranched alkanes of at least 4 members (excludes halogenated alkanes) is 1. The van der Waals surface area contributed by atoms with E-state index in [-0.39, 0.29) is 18.2 Å². The number of carbonyl (C=O) groups is 2. The molecule has 0 bridgehead atoms. The molecule has 2 rings (SSSR count). The van der Waals surface area contributed by atoms with E-state index in [0.29, 0.717) is 18.0 Å². The van der Waals surface area contributed by atoms with Crippen molar-refractivity contribution in [2.45, 2.75) is 38.5 Å². The molecule has 0 radical (unpaired) electrons. The van der Waals surface area contributed by atoms with E-state index in [2.05, 4.69) is 15.5 Å². The Kier molecular flexibility index (Phi) is 6.22. The summed E-state index contributed by atoms with van der Waals surface area (Å²) in [4.78, 5) is 22.7. The zero-order valence-corrected chi connectivity index (χ0v) is 13.7. The van der Waals surface area contributed by atoms with Gasteiger partial charge in [-0.1, -0.05) is 41.7 Å². The average Bonchev–Trinajstić information content (AvgIpc) is 2.99. The normalized spacial score (nSPS) is 11.9. The first-order chi connectivity index (χ1) is 11.1. The van der Waals surface area contributed by atoms with Gasteiger partial charge in [-0.3, -0.25) is 9.59 Å². The highest BCUT2D eigenvalue weighted by atomic mass is 32.1. The lowest BCUT2D eigenvalue weighted by Crippen LogP contribution is -2.18. The molecule has 1 heterocycles. The van der Waals surface area contributed by atoms with Crippen LogP contribution in [-0.2, 0) is 16.0 Å². The second kappa shape index (κ2) is 8.38. The molecule has 1 aromatic carbocycles. The number of nitrogens with zero attached hydrogens (tertiary/aromatic N) is 2. The molecule has 0 aliphatic rings. The first kappa shape index (κ1) is 17.1. The summed E-state index contributed by atoms with van der Waals surface area (Å²) in [7, 11) is 0. The summed E-state index contributed by atoms with van der Waals surface area (Å²) in [6.45, 7) is 1.85. The number of rotatable bonds is 8. The van der Waals surface area contributed by atoms with E-state index in [1.165, 1.54) is 11.3 Å². The van der Waals surface area contributed by atoms with Gasteiger partial charge in [-0.15, -0.1) is 10.2 Å². The summed E-state index contributed by atoms with van der Waals surface area (Å²) in [6.07, 6.45) is 2.20. The number of anilines is 1. The zero-order valence-electron chi connectivity index (χ0n) is 12.9. The number of carboxylic acid groups (broad SMARTS) is 1. The average molecular weight is 333 g/mol. The molecule has 0 aliphatic heterocycles. The van der Waals surface area contributed by atoms with E-state index < -0.39 is 5.97 Å². The molecule has 1 aromatic heterocycles. The maximum Gasteiger partial charge on any atom is 0.303 e. The molecule has 1 unspecified atom stereocenters. The van der Waals surface area contributed by atoms with Crippen molar-refractivity contribution in [3.8, 4) is 0 Å². The number of amides is 1. The fourth-order valence-electron chi connectivity index (χ4n) is 2.06. The lowest BCUT2D eigenvalue weighted by atomic mass is 10.0. The molecular formula is C16H19N3O3S. The van der Waals surface area contributed by atoms with Crippen LogP contribution >= 0.6 is 11.3 Å². The first-order valence-electron chi connectivity index (χ1n) is 7.46. The van der Waals surface area contributed by atoms with E-state index in [1.54, 1.807) is 0 Å². The van der Waals surface area contributed by atoms with E-state index >= 15 is 0 Å². The van der Waals surface area contributed by atoms with Crippen LogP contribution in [0.3, 0.4) is 0 Å². The molecule has 0 fully saturated rings. The smallest absolute Gasteiger partial charge is 0.303 e. The van der Waals surface area contributed by atoms with Gasteiger partial charge in [0.1, 0.15) is 5.01 Å². The lowest BCUT2D eigenvalue weighted by Gasteiger charge is -2.10. The molecule has 2 N–H and O–H groups in total. The Hall–Kier alpha value is -2.28. The van der Waals surface area contributed by atoms with Crippen molar-refractivity contribution in [2.24, 2.45) is 0 Å². The fraction of sp³-hybridized carbons (Fsp3) is 0.375. The Morgan fingerprint density at radius 2 is 1.96 bits per heavy atom. The summed E-state index contributed by atoms with van der Waals surface area (Å²) >= 11 is 1.33. The Morgan fingerprint density at radius 3 is 2.65 bits per heavy atom. The van der Waals surface area contributed by atoms with Crippen LogP contribution in [0.1, 0.15) is 42.7 Å². The standard InChI is InChI=1S/C16H19N3O3S/c1-11(12-7-3-2-4-8-12)15(22)17-16-19-18-13(23-16)9-5-6-10-14(20)21/h2-4,7-8,11H,5-6,9-10H2,1H3,(H,20,21)(H,17,19,22). The molecule has 0 saturated carbocycles. The predicted molar refractivity (Wildman–Crippen MR) is 88.6 cm³/mol. The van der Waals surface area contributed by atoms with Gasteiger partial charge < -0.3 is 10.4 Å². The van der Waals surface area contributed by atoms with Gasteiger partial charge in [-0.25, -0.2) is 0 Å². The van der Waals surface area contributed by atoms with Crippen molar-refractivity contribution in [1.82, 2.24) is 10.2 Å². The van der Waals surface area contributed by atoms with E-state index in [4.69, 9.17) is 5.11 Å². The van der Waals surface area contributed by atoms with Crippen molar-refractivity contribution in [1.29, 1.82) is 0 Å². The number of benzene rings is 1. The van der Waals surface area contributed by atoms with Gasteiger partial charge in [0.2, 0.25) is 11.0 Å². The number of carbonyl (C=O) groups excluding carboxylic acids is 1. The lowest BCUT2D eigenvalue weighted by molar-refractivity contribution is -0.137. The number of hydrogen-bond donors (Lipinski definition) is 2. The van der Waals surface area contributed by atoms with Gasteiger partial charge in [0.25, 0.3) is 0 Å². The van der Waals surface area contributed by atoms with Gasteiger partial charge in [-0.05, 0) is 25.3 Å². The van der Waals surface area contributed by atoms with Crippen LogP contribution in [0, 0.1) is 0 Å². The van der Waals surface area contributed by atoms with Crippen molar-refractivity contribution in [3.63, 3.8) is 0 Å². The number of hydrogen-bond acceptors (Lipinski definition) is 5. The molecule has 0 spiro atoms. The Morgan fingerprint density at radius 1 is 1.22 bits per heavy atom. The van der Waals surface area contributed by atoms with Gasteiger partial charge in [-0.2, -0.15) is 0 Å². The Labute approximate surface area is 138 Å². The molecule has 1 amide bonds. The van der Waals surface area contributed by atoms with Gasteiger partial charge in [0, 0.05) is 12.8 Å². The van der Waals surface area contributed by atoms with Gasteiger partial charge >= 0.3 is 5.97 Å². The quantitative estimate of drug-likeness (QED) is 0.724. The molecule has 2 aromatic rings. The molecule has 1 atom stereocenters. The van der Waals surface area contributed by atoms with Crippen LogP contribution < -0.4 is 5.32 Å². The first-order valence-corrected chi connectivity index (χ1v) is 8.28. The highest BCUT2D eigenvalue weighted by Crippen LogP contribution is 2.21. The maximum absolute atomic E-state index is 12.2. The predicted octanol–water partition coefficient (Wildman–Crippen LogP) is 3.08. The van der Waals surface area contributed by atoms with Crippen molar-refractivity contribution in [2.75, 3.05) is 5.32 Å². The van der Waals surface area contributed by atoms with Crippen molar-refractivity contribution >= 4 is 28.3 Å². The summed E-state index contributed by atoms with van der Waals surface area (Å²) in [5.41, 5.74) is 0.948. The number of aryl methyl sites for hydroxylation is 1. The SMILES string of the molecule is CC(C(=O)Nc1nnc(CCCCC(=O)O)s1)c1ccccc1. The van der Waals surface area contributed by atoms with Crippen LogP contribution in [0.5, 0.6) is 0 Å². The second-order valence-corrected chi connectivity index (χ2v) is 6.29. The topological polar surface area (TPSA) is 92.2 Å². The van der Waals surface area contributed by atoms with Crippen LogP contribution in [0.4, 0.5) is 5.13 Å². The third-order valence-electron chi connectivity index (χ3n) is 3.42. The highest BCUT2D eigenvalue weighted by molar-refractivity contribution is 7.15. The minimum absolute atomic E-state index is 0.121. The minimum atomic E-state index is -0.787. The molecule has 6 nitrogen and oxygen atoms in total. The van der Waals surface area contributed by atoms with Crippen LogP contribution in [0.25, 0.3) is 0 Å². The molecule has 0 saturated heterocycles. The molecular weight excluding hydrogens is 314 g/mol. The minimum Gasteiger partial charge on any atom is -0.481 e. The Balaban J connectivity index is 1.84. The number of nitrogens with one attached hydrogen (secondary N) is 1. The monoisotopic (exact) mass is 333 g/mol. The third kappa shape index (κ3) is 5.45. The zero-order chi connectivity index (χ0) is 16.7. The molecule has 0 aliphatic carbocycles. The second-order valence-electron chi connectivity index (χ2n) is 5.22. The van der Waals surface area contributed by atoms with Crippen LogP contribution in [-0.4, -0.2) is 27.2 Å². The summed E-state index contributed by atoms with van der Waals surface area (Å²) in [6, 6.07) is 9.55. The van der Waals surface area contributed by atoms with E-state index in [9.17, 15) is 9.59 Å². The summed E-state index contributed by atoms with van der Waals surface area (Å²) < 4.78 is 0. The highest BCUT2D eigenvalue weighted by Gasteiger charge is 2.16. The molecule has 7 heteroatoms. The van der Waals surface area contributed by atoms with Crippen LogP contribution in [0.2, 0.25) is 0 Å². The summed E-state index contributed by atoms with van der Waals surface area (Å²) in [5.74, 6) is -1.17. The largest absolute Gasteiger partial charge is 0.481 e. The molecule has 23 heavy (non-hydrogen) atoms. The maximum atomic E-state index is 12.2. The number of carboxylic acids is 1. The van der Waals surface area contributed by atoms with Gasteiger partial charge in [0.15, 0.2) is 0 Å². The molecule has 122 valence electrons. The summed E-state index contributed by atoms with van der Waals surface area (Å²) in [5, 5.41) is 20.6. The number of aromatic nitrogens is 2. The van der Waals surface area contributed by atoms with Crippen molar-refractivity contribution in [3.05, 3.63) is 40.9 Å². The van der Waals surface area contributed by atoms with E-state index in [1.807, 2.05) is 37.3 Å². The Bertz CT molecular complexity index is 658. The van der Waals surface area contributed by atoms with E-state index in [0.717, 1.165) is 17.0 Å².